The smallest absolute Gasteiger partial charge is 0.149 e. The fraction of sp³-hybridized carbons (Fsp3) is 0.308. The second-order valence-electron chi connectivity index (χ2n) is 4.38. The molecule has 0 spiro atoms. The minimum atomic E-state index is 0.690. The lowest BCUT2D eigenvalue weighted by atomic mass is 9.97. The van der Waals surface area contributed by atoms with Gasteiger partial charge in [0.1, 0.15) is 5.82 Å². The van der Waals surface area contributed by atoms with Crippen molar-refractivity contribution in [3.05, 3.63) is 40.0 Å². The Bertz CT molecular complexity index is 560. The molecule has 0 saturated carbocycles. The molecule has 0 fully saturated rings. The quantitative estimate of drug-likeness (QED) is 0.877. The first-order chi connectivity index (χ1) is 8.27. The molecule has 17 heavy (non-hydrogen) atoms. The lowest BCUT2D eigenvalue weighted by molar-refractivity contribution is 0.653. The maximum atomic E-state index is 6.00. The Balaban J connectivity index is 2.19. The van der Waals surface area contributed by atoms with Gasteiger partial charge in [0.25, 0.3) is 0 Å². The standard InChI is InChI=1S/C13H14BrN3/c14-10-6-2-4-8-12(10)17-11-7-3-1-5-9(11)13(15)16-17/h2,4,6,8H,1,3,5,7H2,(H2,15,16). The van der Waals surface area contributed by atoms with Gasteiger partial charge in [-0.1, -0.05) is 12.1 Å². The lowest BCUT2D eigenvalue weighted by Crippen LogP contribution is -2.08. The van der Waals surface area contributed by atoms with Crippen LogP contribution in [-0.4, -0.2) is 9.78 Å². The van der Waals surface area contributed by atoms with E-state index in [-0.39, 0.29) is 0 Å². The van der Waals surface area contributed by atoms with E-state index in [2.05, 4.69) is 27.1 Å². The monoisotopic (exact) mass is 291 g/mol. The second-order valence-corrected chi connectivity index (χ2v) is 5.24. The third kappa shape index (κ3) is 1.76. The number of anilines is 1. The van der Waals surface area contributed by atoms with E-state index in [0.29, 0.717) is 5.82 Å². The van der Waals surface area contributed by atoms with Crippen LogP contribution >= 0.6 is 15.9 Å². The number of benzene rings is 1. The summed E-state index contributed by atoms with van der Waals surface area (Å²) in [5.41, 5.74) is 9.59. The van der Waals surface area contributed by atoms with E-state index in [0.717, 1.165) is 23.0 Å². The Morgan fingerprint density at radius 3 is 2.76 bits per heavy atom. The molecule has 0 aliphatic heterocycles. The normalized spacial score (nSPS) is 14.6. The molecule has 3 nitrogen and oxygen atoms in total. The van der Waals surface area contributed by atoms with Gasteiger partial charge in [0, 0.05) is 15.7 Å². The van der Waals surface area contributed by atoms with E-state index in [9.17, 15) is 0 Å². The third-order valence-electron chi connectivity index (χ3n) is 3.29. The number of aromatic nitrogens is 2. The van der Waals surface area contributed by atoms with Crippen molar-refractivity contribution in [2.45, 2.75) is 25.7 Å². The van der Waals surface area contributed by atoms with E-state index in [4.69, 9.17) is 5.73 Å². The van der Waals surface area contributed by atoms with Crippen LogP contribution in [0.5, 0.6) is 0 Å². The summed E-state index contributed by atoms with van der Waals surface area (Å²) in [5.74, 6) is 0.690. The predicted molar refractivity (Wildman–Crippen MR) is 72.3 cm³/mol. The van der Waals surface area contributed by atoms with Crippen LogP contribution in [0.2, 0.25) is 0 Å². The fourth-order valence-electron chi connectivity index (χ4n) is 2.45. The van der Waals surface area contributed by atoms with Crippen molar-refractivity contribution in [1.29, 1.82) is 0 Å². The van der Waals surface area contributed by atoms with Crippen LogP contribution in [0.3, 0.4) is 0 Å². The van der Waals surface area contributed by atoms with E-state index in [1.807, 2.05) is 22.9 Å². The van der Waals surface area contributed by atoms with Crippen molar-refractivity contribution in [2.24, 2.45) is 0 Å². The first-order valence-corrected chi connectivity index (χ1v) is 6.68. The van der Waals surface area contributed by atoms with Crippen LogP contribution in [0.1, 0.15) is 24.1 Å². The molecular formula is C13H14BrN3. The molecule has 0 saturated heterocycles. The highest BCUT2D eigenvalue weighted by atomic mass is 79.9. The minimum Gasteiger partial charge on any atom is -0.382 e. The summed E-state index contributed by atoms with van der Waals surface area (Å²) in [6.07, 6.45) is 4.58. The van der Waals surface area contributed by atoms with Crippen molar-refractivity contribution in [2.75, 3.05) is 5.73 Å². The molecule has 1 aliphatic rings. The maximum Gasteiger partial charge on any atom is 0.149 e. The van der Waals surface area contributed by atoms with Crippen LogP contribution < -0.4 is 5.73 Å². The summed E-state index contributed by atoms with van der Waals surface area (Å²) in [6.45, 7) is 0. The average molecular weight is 292 g/mol. The zero-order valence-electron chi connectivity index (χ0n) is 9.49. The van der Waals surface area contributed by atoms with Crippen LogP contribution in [-0.2, 0) is 12.8 Å². The number of nitrogen functional groups attached to an aromatic ring is 1. The van der Waals surface area contributed by atoms with Crippen molar-refractivity contribution in [3.63, 3.8) is 0 Å². The third-order valence-corrected chi connectivity index (χ3v) is 3.96. The highest BCUT2D eigenvalue weighted by Crippen LogP contribution is 2.30. The number of fused-ring (bicyclic) bond motifs is 1. The van der Waals surface area contributed by atoms with Crippen LogP contribution in [0.4, 0.5) is 5.82 Å². The highest BCUT2D eigenvalue weighted by Gasteiger charge is 2.20. The summed E-state index contributed by atoms with van der Waals surface area (Å²) in [6, 6.07) is 8.12. The summed E-state index contributed by atoms with van der Waals surface area (Å²) >= 11 is 3.57. The van der Waals surface area contributed by atoms with E-state index in [1.165, 1.54) is 24.1 Å². The second kappa shape index (κ2) is 4.18. The number of hydrogen-bond acceptors (Lipinski definition) is 2. The van der Waals surface area contributed by atoms with Gasteiger partial charge in [0.15, 0.2) is 0 Å². The first-order valence-electron chi connectivity index (χ1n) is 5.88. The molecule has 0 amide bonds. The fourth-order valence-corrected chi connectivity index (χ4v) is 2.90. The Morgan fingerprint density at radius 2 is 1.94 bits per heavy atom. The molecule has 1 aliphatic carbocycles. The first kappa shape index (κ1) is 10.8. The molecule has 1 aromatic heterocycles. The van der Waals surface area contributed by atoms with Gasteiger partial charge in [-0.3, -0.25) is 0 Å². The van der Waals surface area contributed by atoms with Gasteiger partial charge in [0.05, 0.1) is 5.69 Å². The van der Waals surface area contributed by atoms with Crippen molar-refractivity contribution in [3.8, 4) is 5.69 Å². The lowest BCUT2D eigenvalue weighted by Gasteiger charge is -2.14. The zero-order valence-corrected chi connectivity index (χ0v) is 11.1. The molecule has 0 bridgehead atoms. The number of para-hydroxylation sites is 1. The molecule has 1 aromatic carbocycles. The molecule has 1 heterocycles. The van der Waals surface area contributed by atoms with Crippen molar-refractivity contribution in [1.82, 2.24) is 9.78 Å². The Labute approximate surface area is 109 Å². The van der Waals surface area contributed by atoms with Gasteiger partial charge in [0.2, 0.25) is 0 Å². The molecule has 4 heteroatoms. The number of halogens is 1. The molecule has 2 aromatic rings. The SMILES string of the molecule is Nc1nn(-c2ccccc2Br)c2c1CCCC2. The number of hydrogen-bond donors (Lipinski definition) is 1. The molecule has 88 valence electrons. The van der Waals surface area contributed by atoms with Crippen LogP contribution in [0.15, 0.2) is 28.7 Å². The molecule has 3 rings (SSSR count). The van der Waals surface area contributed by atoms with Crippen LogP contribution in [0.25, 0.3) is 5.69 Å². The molecule has 2 N–H and O–H groups in total. The molecule has 0 atom stereocenters. The van der Waals surface area contributed by atoms with E-state index < -0.39 is 0 Å². The van der Waals surface area contributed by atoms with Crippen molar-refractivity contribution < 1.29 is 0 Å². The summed E-state index contributed by atoms with van der Waals surface area (Å²) < 4.78 is 3.05. The van der Waals surface area contributed by atoms with E-state index in [1.54, 1.807) is 0 Å². The van der Waals surface area contributed by atoms with E-state index >= 15 is 0 Å². The minimum absolute atomic E-state index is 0.690. The van der Waals surface area contributed by atoms with Gasteiger partial charge in [-0.25, -0.2) is 4.68 Å². The van der Waals surface area contributed by atoms with Crippen molar-refractivity contribution >= 4 is 21.7 Å². The van der Waals surface area contributed by atoms with Crippen LogP contribution in [0, 0.1) is 0 Å². The number of nitrogens with two attached hydrogens (primary N) is 1. The van der Waals surface area contributed by atoms with Gasteiger partial charge >= 0.3 is 0 Å². The Hall–Kier alpha value is -1.29. The summed E-state index contributed by atoms with van der Waals surface area (Å²) in [5, 5.41) is 4.49. The largest absolute Gasteiger partial charge is 0.382 e. The maximum absolute atomic E-state index is 6.00. The highest BCUT2D eigenvalue weighted by molar-refractivity contribution is 9.10. The Morgan fingerprint density at radius 1 is 1.18 bits per heavy atom. The zero-order chi connectivity index (χ0) is 11.8. The van der Waals surface area contributed by atoms with Gasteiger partial charge in [-0.05, 0) is 53.7 Å². The molecule has 0 unspecified atom stereocenters. The predicted octanol–water partition coefficient (Wildman–Crippen LogP) is 3.10. The van der Waals surface area contributed by atoms with Gasteiger partial charge in [-0.15, -0.1) is 0 Å². The summed E-state index contributed by atoms with van der Waals surface area (Å²) in [4.78, 5) is 0. The number of rotatable bonds is 1. The molecule has 0 radical (unpaired) electrons. The number of nitrogens with zero attached hydrogens (tertiary/aromatic N) is 2. The van der Waals surface area contributed by atoms with Gasteiger partial charge < -0.3 is 5.73 Å². The topological polar surface area (TPSA) is 43.8 Å². The summed E-state index contributed by atoms with van der Waals surface area (Å²) in [7, 11) is 0. The molecular weight excluding hydrogens is 278 g/mol. The Kier molecular flexibility index (Phi) is 2.67. The van der Waals surface area contributed by atoms with Gasteiger partial charge in [-0.2, -0.15) is 5.10 Å². The average Bonchev–Trinajstić information content (AvgIpc) is 2.68.